The van der Waals surface area contributed by atoms with Crippen molar-refractivity contribution >= 4 is 10.9 Å². The second kappa shape index (κ2) is 3.51. The standard InChI is InChI=1S/C12H14N2O/c1-8-4-3-5-10-9(7-13)6-11(15)14(2)12(8)10/h3-6H,7,13H2,1-2H3. The summed E-state index contributed by atoms with van der Waals surface area (Å²) in [6.07, 6.45) is 0. The van der Waals surface area contributed by atoms with Crippen LogP contribution in [0.3, 0.4) is 0 Å². The molecule has 0 radical (unpaired) electrons. The Labute approximate surface area is 88.1 Å². The zero-order chi connectivity index (χ0) is 11.0. The Bertz CT molecular complexity index is 570. The Morgan fingerprint density at radius 3 is 2.80 bits per heavy atom. The third-order valence-electron chi connectivity index (χ3n) is 2.77. The van der Waals surface area contributed by atoms with Crippen molar-refractivity contribution < 1.29 is 0 Å². The van der Waals surface area contributed by atoms with Gasteiger partial charge in [0.2, 0.25) is 0 Å². The number of nitrogens with two attached hydrogens (primary N) is 1. The van der Waals surface area contributed by atoms with E-state index in [0.29, 0.717) is 6.54 Å². The number of para-hydroxylation sites is 1. The Morgan fingerprint density at radius 2 is 2.13 bits per heavy atom. The van der Waals surface area contributed by atoms with Crippen LogP contribution >= 0.6 is 0 Å². The molecule has 2 rings (SSSR count). The molecule has 3 heteroatoms. The van der Waals surface area contributed by atoms with Crippen LogP contribution in [-0.2, 0) is 13.6 Å². The van der Waals surface area contributed by atoms with E-state index < -0.39 is 0 Å². The second-order valence-corrected chi connectivity index (χ2v) is 3.74. The van der Waals surface area contributed by atoms with Gasteiger partial charge in [-0.15, -0.1) is 0 Å². The third kappa shape index (κ3) is 1.45. The summed E-state index contributed by atoms with van der Waals surface area (Å²) >= 11 is 0. The van der Waals surface area contributed by atoms with Gasteiger partial charge in [0, 0.05) is 25.0 Å². The van der Waals surface area contributed by atoms with Gasteiger partial charge in [-0.25, -0.2) is 0 Å². The number of fused-ring (bicyclic) bond motifs is 1. The normalized spacial score (nSPS) is 10.9. The number of aromatic nitrogens is 1. The first kappa shape index (κ1) is 9.93. The predicted molar refractivity (Wildman–Crippen MR) is 61.8 cm³/mol. The lowest BCUT2D eigenvalue weighted by Gasteiger charge is -2.10. The van der Waals surface area contributed by atoms with Gasteiger partial charge in [0.1, 0.15) is 0 Å². The minimum absolute atomic E-state index is 0.00255. The van der Waals surface area contributed by atoms with E-state index in [-0.39, 0.29) is 5.56 Å². The van der Waals surface area contributed by atoms with Crippen LogP contribution in [0.25, 0.3) is 10.9 Å². The number of hydrogen-bond donors (Lipinski definition) is 1. The molecule has 2 N–H and O–H groups in total. The first-order chi connectivity index (χ1) is 7.15. The first-order valence-corrected chi connectivity index (χ1v) is 4.93. The molecule has 2 aromatic rings. The highest BCUT2D eigenvalue weighted by atomic mass is 16.1. The Hall–Kier alpha value is -1.61. The molecule has 0 unspecified atom stereocenters. The van der Waals surface area contributed by atoms with E-state index in [0.717, 1.165) is 22.0 Å². The van der Waals surface area contributed by atoms with E-state index in [4.69, 9.17) is 5.73 Å². The monoisotopic (exact) mass is 202 g/mol. The maximum absolute atomic E-state index is 11.7. The fourth-order valence-electron chi connectivity index (χ4n) is 1.97. The summed E-state index contributed by atoms with van der Waals surface area (Å²) in [4.78, 5) is 11.7. The van der Waals surface area contributed by atoms with Gasteiger partial charge in [-0.3, -0.25) is 4.79 Å². The summed E-state index contributed by atoms with van der Waals surface area (Å²) in [5.74, 6) is 0. The highest BCUT2D eigenvalue weighted by molar-refractivity contribution is 5.85. The highest BCUT2D eigenvalue weighted by Gasteiger charge is 2.06. The van der Waals surface area contributed by atoms with Crippen molar-refractivity contribution in [3.05, 3.63) is 45.7 Å². The van der Waals surface area contributed by atoms with Crippen molar-refractivity contribution in [3.8, 4) is 0 Å². The average molecular weight is 202 g/mol. The number of aryl methyl sites for hydroxylation is 2. The molecule has 1 heterocycles. The van der Waals surface area contributed by atoms with E-state index in [1.807, 2.05) is 25.1 Å². The van der Waals surface area contributed by atoms with Crippen LogP contribution in [0, 0.1) is 6.92 Å². The molecule has 1 aromatic heterocycles. The molecule has 0 spiro atoms. The van der Waals surface area contributed by atoms with Crippen molar-refractivity contribution in [3.63, 3.8) is 0 Å². The number of pyridine rings is 1. The van der Waals surface area contributed by atoms with Gasteiger partial charge < -0.3 is 10.3 Å². The second-order valence-electron chi connectivity index (χ2n) is 3.74. The van der Waals surface area contributed by atoms with Gasteiger partial charge in [0.05, 0.1) is 5.52 Å². The molecule has 3 nitrogen and oxygen atoms in total. The van der Waals surface area contributed by atoms with Crippen LogP contribution in [0.4, 0.5) is 0 Å². The summed E-state index contributed by atoms with van der Waals surface area (Å²) in [6, 6.07) is 7.61. The molecule has 0 amide bonds. The molecule has 0 aliphatic heterocycles. The molecule has 0 bridgehead atoms. The molecular formula is C12H14N2O. The molecular weight excluding hydrogens is 188 g/mol. The Balaban J connectivity index is 3.03. The van der Waals surface area contributed by atoms with Crippen molar-refractivity contribution in [1.29, 1.82) is 0 Å². The van der Waals surface area contributed by atoms with Crippen LogP contribution < -0.4 is 11.3 Å². The van der Waals surface area contributed by atoms with Gasteiger partial charge in [-0.2, -0.15) is 0 Å². The molecule has 0 fully saturated rings. The molecule has 78 valence electrons. The van der Waals surface area contributed by atoms with Gasteiger partial charge in [-0.05, 0) is 18.1 Å². The van der Waals surface area contributed by atoms with Crippen molar-refractivity contribution in [2.45, 2.75) is 13.5 Å². The molecule has 0 atom stereocenters. The van der Waals surface area contributed by atoms with Gasteiger partial charge >= 0.3 is 0 Å². The quantitative estimate of drug-likeness (QED) is 0.757. The average Bonchev–Trinajstić information content (AvgIpc) is 2.23. The van der Waals surface area contributed by atoms with Crippen LogP contribution in [0.1, 0.15) is 11.1 Å². The minimum atomic E-state index is -0.00255. The number of hydrogen-bond acceptors (Lipinski definition) is 2. The summed E-state index contributed by atoms with van der Waals surface area (Å²) in [7, 11) is 1.79. The largest absolute Gasteiger partial charge is 0.326 e. The van der Waals surface area contributed by atoms with E-state index in [1.54, 1.807) is 17.7 Å². The molecule has 1 aromatic carbocycles. The topological polar surface area (TPSA) is 48.0 Å². The Morgan fingerprint density at radius 1 is 1.40 bits per heavy atom. The molecule has 0 saturated heterocycles. The van der Waals surface area contributed by atoms with Crippen LogP contribution in [-0.4, -0.2) is 4.57 Å². The summed E-state index contributed by atoms with van der Waals surface area (Å²) in [5, 5.41) is 1.07. The maximum atomic E-state index is 11.7. The molecule has 0 aliphatic rings. The first-order valence-electron chi connectivity index (χ1n) is 4.93. The SMILES string of the molecule is Cc1cccc2c(CN)cc(=O)n(C)c12. The zero-order valence-corrected chi connectivity index (χ0v) is 8.95. The van der Waals surface area contributed by atoms with Crippen LogP contribution in [0.15, 0.2) is 29.1 Å². The van der Waals surface area contributed by atoms with Crippen LogP contribution in [0.2, 0.25) is 0 Å². The number of benzene rings is 1. The maximum Gasteiger partial charge on any atom is 0.251 e. The lowest BCUT2D eigenvalue weighted by atomic mass is 10.1. The highest BCUT2D eigenvalue weighted by Crippen LogP contribution is 2.19. The Kier molecular flexibility index (Phi) is 2.32. The van der Waals surface area contributed by atoms with Gasteiger partial charge in [-0.1, -0.05) is 18.2 Å². The summed E-state index contributed by atoms with van der Waals surface area (Å²) in [6.45, 7) is 2.40. The van der Waals surface area contributed by atoms with E-state index in [9.17, 15) is 4.79 Å². The van der Waals surface area contributed by atoms with E-state index in [1.165, 1.54) is 0 Å². The van der Waals surface area contributed by atoms with Crippen molar-refractivity contribution in [1.82, 2.24) is 4.57 Å². The molecule has 0 saturated carbocycles. The predicted octanol–water partition coefficient (Wildman–Crippen LogP) is 1.31. The van der Waals surface area contributed by atoms with Gasteiger partial charge in [0.15, 0.2) is 0 Å². The molecule has 0 aliphatic carbocycles. The fraction of sp³-hybridized carbons (Fsp3) is 0.250. The third-order valence-corrected chi connectivity index (χ3v) is 2.77. The lowest BCUT2D eigenvalue weighted by Crippen LogP contribution is -2.18. The lowest BCUT2D eigenvalue weighted by molar-refractivity contribution is 0.891. The summed E-state index contributed by atoms with van der Waals surface area (Å²) in [5.41, 5.74) is 8.62. The number of rotatable bonds is 1. The van der Waals surface area contributed by atoms with Gasteiger partial charge in [0.25, 0.3) is 5.56 Å². The smallest absolute Gasteiger partial charge is 0.251 e. The van der Waals surface area contributed by atoms with E-state index >= 15 is 0 Å². The zero-order valence-electron chi connectivity index (χ0n) is 8.95. The summed E-state index contributed by atoms with van der Waals surface area (Å²) < 4.78 is 1.67. The minimum Gasteiger partial charge on any atom is -0.326 e. The fourth-order valence-corrected chi connectivity index (χ4v) is 1.97. The van der Waals surface area contributed by atoms with Crippen molar-refractivity contribution in [2.75, 3.05) is 0 Å². The number of nitrogens with zero attached hydrogens (tertiary/aromatic N) is 1. The van der Waals surface area contributed by atoms with E-state index in [2.05, 4.69) is 0 Å². The van der Waals surface area contributed by atoms with Crippen molar-refractivity contribution in [2.24, 2.45) is 12.8 Å². The van der Waals surface area contributed by atoms with Crippen LogP contribution in [0.5, 0.6) is 0 Å². The molecule has 15 heavy (non-hydrogen) atoms.